The van der Waals surface area contributed by atoms with Crippen LogP contribution >= 0.6 is 0 Å². The number of piperidine rings is 1. The maximum absolute atomic E-state index is 12.7. The number of hydrogen-bond acceptors (Lipinski definition) is 6. The Morgan fingerprint density at radius 1 is 1.03 bits per heavy atom. The summed E-state index contributed by atoms with van der Waals surface area (Å²) in [6.45, 7) is 12.0. The minimum absolute atomic E-state index is 0.114. The molecule has 198 valence electrons. The smallest absolute Gasteiger partial charge is 0.414 e. The Labute approximate surface area is 210 Å². The molecular weight excluding hydrogens is 466 g/mol. The normalized spacial score (nSPS) is 14.6. The number of carbonyl (C=O) groups excluding carboxylic acids is 2. The number of fused-ring (bicyclic) bond motifs is 1. The Morgan fingerprint density at radius 2 is 1.64 bits per heavy atom. The lowest BCUT2D eigenvalue weighted by Crippen LogP contribution is -2.48. The van der Waals surface area contributed by atoms with E-state index in [4.69, 9.17) is 19.8 Å². The third-order valence-corrected chi connectivity index (χ3v) is 5.81. The molecule has 3 rings (SSSR count). The maximum atomic E-state index is 12.7. The van der Waals surface area contributed by atoms with Crippen LogP contribution in [0.1, 0.15) is 57.4 Å². The summed E-state index contributed by atoms with van der Waals surface area (Å²) in [5.74, 6) is -3.65. The first-order chi connectivity index (χ1) is 16.9. The summed E-state index contributed by atoms with van der Waals surface area (Å²) in [4.78, 5) is 45.4. The summed E-state index contributed by atoms with van der Waals surface area (Å²) in [6, 6.07) is 8.14. The van der Waals surface area contributed by atoms with Crippen LogP contribution in [-0.2, 0) is 20.9 Å². The minimum Gasteiger partial charge on any atom is -0.473 e. The van der Waals surface area contributed by atoms with Gasteiger partial charge in [-0.2, -0.15) is 5.10 Å². The van der Waals surface area contributed by atoms with Crippen molar-refractivity contribution in [3.8, 4) is 0 Å². The summed E-state index contributed by atoms with van der Waals surface area (Å²) < 4.78 is 1.92. The molecule has 1 aliphatic heterocycles. The molecule has 1 fully saturated rings. The number of carbonyl (C=O) groups is 4. The van der Waals surface area contributed by atoms with Crippen molar-refractivity contribution in [1.29, 1.82) is 0 Å². The fraction of sp³-hybridized carbons (Fsp3) is 0.560. The second kappa shape index (κ2) is 13.0. The number of nitrogens with zero attached hydrogens (tertiary/aromatic N) is 3. The molecule has 0 bridgehead atoms. The van der Waals surface area contributed by atoms with E-state index in [1.807, 2.05) is 49.7 Å². The van der Waals surface area contributed by atoms with Gasteiger partial charge in [0, 0.05) is 49.6 Å². The van der Waals surface area contributed by atoms with Crippen LogP contribution in [0.5, 0.6) is 0 Å². The predicted octanol–water partition coefficient (Wildman–Crippen LogP) is 1.96. The number of carboxylic acid groups (broad SMARTS) is 2. The first-order valence-electron chi connectivity index (χ1n) is 12.2. The zero-order chi connectivity index (χ0) is 26.9. The van der Waals surface area contributed by atoms with Crippen molar-refractivity contribution in [2.75, 3.05) is 26.2 Å². The summed E-state index contributed by atoms with van der Waals surface area (Å²) >= 11 is 0. The van der Waals surface area contributed by atoms with Gasteiger partial charge in [-0.15, -0.1) is 0 Å². The lowest BCUT2D eigenvalue weighted by molar-refractivity contribution is -0.159. The van der Waals surface area contributed by atoms with Gasteiger partial charge < -0.3 is 25.7 Å². The maximum Gasteiger partial charge on any atom is 0.414 e. The lowest BCUT2D eigenvalue weighted by Gasteiger charge is -2.33. The van der Waals surface area contributed by atoms with Crippen molar-refractivity contribution >= 4 is 34.7 Å². The van der Waals surface area contributed by atoms with Gasteiger partial charge in [0.1, 0.15) is 0 Å². The van der Waals surface area contributed by atoms with Gasteiger partial charge in [0.05, 0.1) is 5.52 Å². The Morgan fingerprint density at radius 3 is 2.19 bits per heavy atom. The molecular formula is C25H37N5O6. The highest BCUT2D eigenvalue weighted by Crippen LogP contribution is 2.19. The second-order valence-electron chi connectivity index (χ2n) is 9.79. The van der Waals surface area contributed by atoms with Gasteiger partial charge in [0.2, 0.25) is 5.91 Å². The first-order valence-corrected chi connectivity index (χ1v) is 12.2. The monoisotopic (exact) mass is 503 g/mol. The number of nitrogens with one attached hydrogen (secondary N) is 2. The fourth-order valence-electron chi connectivity index (χ4n) is 3.79. The summed E-state index contributed by atoms with van der Waals surface area (Å²) in [7, 11) is 0. The highest BCUT2D eigenvalue weighted by molar-refractivity contribution is 6.27. The zero-order valence-electron chi connectivity index (χ0n) is 21.4. The Bertz CT molecular complexity index is 1050. The number of aliphatic carboxylic acids is 2. The molecule has 1 aromatic carbocycles. The Balaban J connectivity index is 0.000000678. The largest absolute Gasteiger partial charge is 0.473 e. The molecule has 2 amide bonds. The molecule has 4 N–H and O–H groups in total. The molecule has 36 heavy (non-hydrogen) atoms. The Kier molecular flexibility index (Phi) is 10.4. The lowest BCUT2D eigenvalue weighted by atomic mass is 9.94. The zero-order valence-corrected chi connectivity index (χ0v) is 21.4. The second-order valence-corrected chi connectivity index (χ2v) is 9.79. The molecule has 2 heterocycles. The average Bonchev–Trinajstić information content (AvgIpc) is 3.19. The summed E-state index contributed by atoms with van der Waals surface area (Å²) in [6.07, 6.45) is 2.86. The van der Waals surface area contributed by atoms with Crippen molar-refractivity contribution in [3.05, 3.63) is 30.0 Å². The van der Waals surface area contributed by atoms with Gasteiger partial charge in [-0.1, -0.05) is 45.9 Å². The van der Waals surface area contributed by atoms with Crippen LogP contribution in [0.3, 0.4) is 0 Å². The van der Waals surface area contributed by atoms with E-state index < -0.39 is 11.9 Å². The number of para-hydroxylation sites is 1. The van der Waals surface area contributed by atoms with Gasteiger partial charge >= 0.3 is 11.9 Å². The van der Waals surface area contributed by atoms with Crippen LogP contribution in [-0.4, -0.2) is 80.9 Å². The number of benzene rings is 1. The van der Waals surface area contributed by atoms with Crippen LogP contribution in [0.4, 0.5) is 0 Å². The summed E-state index contributed by atoms with van der Waals surface area (Å²) in [5, 5.41) is 26.4. The van der Waals surface area contributed by atoms with E-state index in [-0.39, 0.29) is 23.3 Å². The van der Waals surface area contributed by atoms with E-state index in [0.29, 0.717) is 12.2 Å². The van der Waals surface area contributed by atoms with Crippen molar-refractivity contribution in [2.24, 2.45) is 5.41 Å². The van der Waals surface area contributed by atoms with Crippen molar-refractivity contribution in [1.82, 2.24) is 25.3 Å². The van der Waals surface area contributed by atoms with Crippen LogP contribution in [0.25, 0.3) is 10.9 Å². The molecule has 2 aromatic rings. The standard InChI is InChI=1S/C23H35N5O2.C2H2O4/c1-5-13-28-19-9-7-6-8-18(19)20(26-28)21(29)24-12-16-27-14-10-17(11-15-27)25-22(30)23(2,3)4;3-1(4)2(5)6/h6-9,17H,5,10-16H2,1-4H3,(H,24,29)(H,25,30);(H,3,4)(H,5,6). The number of likely N-dealkylation sites (tertiary alicyclic amines) is 1. The van der Waals surface area contributed by atoms with Crippen LogP contribution in [0.2, 0.25) is 0 Å². The van der Waals surface area contributed by atoms with Crippen LogP contribution in [0.15, 0.2) is 24.3 Å². The van der Waals surface area contributed by atoms with Gasteiger partial charge in [-0.3, -0.25) is 14.3 Å². The number of aryl methyl sites for hydroxylation is 1. The Hall–Kier alpha value is -3.47. The highest BCUT2D eigenvalue weighted by atomic mass is 16.4. The molecule has 1 aromatic heterocycles. The van der Waals surface area contributed by atoms with Crippen molar-refractivity contribution in [3.63, 3.8) is 0 Å². The molecule has 1 aliphatic rings. The van der Waals surface area contributed by atoms with Crippen molar-refractivity contribution < 1.29 is 29.4 Å². The van der Waals surface area contributed by atoms with E-state index in [1.165, 1.54) is 0 Å². The summed E-state index contributed by atoms with van der Waals surface area (Å²) in [5.41, 5.74) is 1.15. The molecule has 0 unspecified atom stereocenters. The van der Waals surface area contributed by atoms with E-state index in [2.05, 4.69) is 27.6 Å². The van der Waals surface area contributed by atoms with Crippen molar-refractivity contribution in [2.45, 2.75) is 59.5 Å². The molecule has 0 spiro atoms. The molecule has 1 saturated heterocycles. The molecule has 11 heteroatoms. The number of aromatic nitrogens is 2. The third kappa shape index (κ3) is 8.33. The number of rotatable bonds is 7. The topological polar surface area (TPSA) is 154 Å². The predicted molar refractivity (Wildman–Crippen MR) is 135 cm³/mol. The van der Waals surface area contributed by atoms with Gasteiger partial charge in [0.15, 0.2) is 5.69 Å². The number of carboxylic acids is 2. The molecule has 0 saturated carbocycles. The van der Waals surface area contributed by atoms with E-state index >= 15 is 0 Å². The third-order valence-electron chi connectivity index (χ3n) is 5.81. The molecule has 11 nitrogen and oxygen atoms in total. The van der Waals surface area contributed by atoms with Crippen LogP contribution in [0, 0.1) is 5.41 Å². The average molecular weight is 504 g/mol. The molecule has 0 aliphatic carbocycles. The van der Waals surface area contributed by atoms with Crippen LogP contribution < -0.4 is 10.6 Å². The van der Waals surface area contributed by atoms with Gasteiger partial charge in [-0.25, -0.2) is 9.59 Å². The van der Waals surface area contributed by atoms with Gasteiger partial charge in [0.25, 0.3) is 5.91 Å². The quantitative estimate of drug-likeness (QED) is 0.418. The van der Waals surface area contributed by atoms with E-state index in [1.54, 1.807) is 0 Å². The SMILES string of the molecule is CCCn1nc(C(=O)NCCN2CCC(NC(=O)C(C)(C)C)CC2)c2ccccc21.O=C(O)C(=O)O. The first kappa shape index (κ1) is 28.8. The van der Waals surface area contributed by atoms with Gasteiger partial charge in [-0.05, 0) is 25.3 Å². The van der Waals surface area contributed by atoms with E-state index in [9.17, 15) is 9.59 Å². The minimum atomic E-state index is -1.82. The molecule has 0 atom stereocenters. The highest BCUT2D eigenvalue weighted by Gasteiger charge is 2.26. The fourth-order valence-corrected chi connectivity index (χ4v) is 3.79. The molecule has 0 radical (unpaired) electrons. The number of hydrogen-bond donors (Lipinski definition) is 4. The number of amides is 2. The van der Waals surface area contributed by atoms with E-state index in [0.717, 1.165) is 56.3 Å².